The zero-order valence-corrected chi connectivity index (χ0v) is 11.6. The van der Waals surface area contributed by atoms with Crippen LogP contribution < -0.4 is 11.1 Å². The van der Waals surface area contributed by atoms with Gasteiger partial charge in [-0.3, -0.25) is 0 Å². The summed E-state index contributed by atoms with van der Waals surface area (Å²) in [5, 5.41) is 3.31. The second-order valence-electron chi connectivity index (χ2n) is 4.57. The van der Waals surface area contributed by atoms with Gasteiger partial charge in [0.2, 0.25) is 0 Å². The van der Waals surface area contributed by atoms with Crippen LogP contribution in [0.3, 0.4) is 0 Å². The first-order chi connectivity index (χ1) is 9.61. The predicted molar refractivity (Wildman–Crippen MR) is 80.7 cm³/mol. The Kier molecular flexibility index (Phi) is 4.25. The van der Waals surface area contributed by atoms with Crippen molar-refractivity contribution in [3.8, 4) is 0 Å². The standard InChI is InChI=1S/C16H18N2O2/c1-11(12-6-4-3-5-7-12)18-15-9-8-13(17)10-14(15)16(19)20-2/h3-11,18H,17H2,1-2H3/t11-/m1/s1. The van der Waals surface area contributed by atoms with Crippen LogP contribution in [0.2, 0.25) is 0 Å². The molecule has 0 aliphatic heterocycles. The lowest BCUT2D eigenvalue weighted by atomic mass is 10.1. The van der Waals surface area contributed by atoms with Gasteiger partial charge in [-0.1, -0.05) is 30.3 Å². The Morgan fingerprint density at radius 2 is 1.90 bits per heavy atom. The zero-order chi connectivity index (χ0) is 14.5. The van der Waals surface area contributed by atoms with Crippen LogP contribution in [-0.2, 0) is 4.74 Å². The van der Waals surface area contributed by atoms with Crippen molar-refractivity contribution < 1.29 is 9.53 Å². The lowest BCUT2D eigenvalue weighted by Crippen LogP contribution is -2.12. The fourth-order valence-electron chi connectivity index (χ4n) is 2.02. The topological polar surface area (TPSA) is 64.3 Å². The summed E-state index contributed by atoms with van der Waals surface area (Å²) in [5.41, 5.74) is 8.55. The van der Waals surface area contributed by atoms with Gasteiger partial charge in [0, 0.05) is 17.4 Å². The van der Waals surface area contributed by atoms with Crippen LogP contribution in [0.4, 0.5) is 11.4 Å². The number of benzene rings is 2. The number of nitrogens with two attached hydrogens (primary N) is 1. The maximum absolute atomic E-state index is 11.8. The van der Waals surface area contributed by atoms with Crippen molar-refractivity contribution in [3.63, 3.8) is 0 Å². The van der Waals surface area contributed by atoms with Crippen molar-refractivity contribution in [1.29, 1.82) is 0 Å². The molecule has 4 heteroatoms. The minimum Gasteiger partial charge on any atom is -0.465 e. The number of carbonyl (C=O) groups excluding carboxylic acids is 1. The molecular formula is C16H18N2O2. The third-order valence-electron chi connectivity index (χ3n) is 3.12. The Balaban J connectivity index is 2.27. The predicted octanol–water partition coefficient (Wildman–Crippen LogP) is 3.23. The normalized spacial score (nSPS) is 11.7. The Bertz CT molecular complexity index is 597. The van der Waals surface area contributed by atoms with Crippen molar-refractivity contribution in [2.45, 2.75) is 13.0 Å². The molecule has 0 aromatic heterocycles. The Morgan fingerprint density at radius 3 is 2.55 bits per heavy atom. The largest absolute Gasteiger partial charge is 0.465 e. The van der Waals surface area contributed by atoms with Gasteiger partial charge in [-0.2, -0.15) is 0 Å². The van der Waals surface area contributed by atoms with Gasteiger partial charge in [-0.25, -0.2) is 4.79 Å². The molecule has 0 aliphatic carbocycles. The van der Waals surface area contributed by atoms with E-state index in [2.05, 4.69) is 5.32 Å². The van der Waals surface area contributed by atoms with E-state index in [0.29, 0.717) is 16.9 Å². The van der Waals surface area contributed by atoms with Gasteiger partial charge in [-0.15, -0.1) is 0 Å². The number of hydrogen-bond acceptors (Lipinski definition) is 4. The number of nitrogens with one attached hydrogen (secondary N) is 1. The van der Waals surface area contributed by atoms with Gasteiger partial charge < -0.3 is 15.8 Å². The average Bonchev–Trinajstić information content (AvgIpc) is 2.49. The van der Waals surface area contributed by atoms with Crippen LogP contribution in [0, 0.1) is 0 Å². The van der Waals surface area contributed by atoms with Crippen molar-refractivity contribution in [2.75, 3.05) is 18.2 Å². The minimum absolute atomic E-state index is 0.0724. The average molecular weight is 270 g/mol. The van der Waals surface area contributed by atoms with Gasteiger partial charge >= 0.3 is 5.97 Å². The molecule has 1 atom stereocenters. The highest BCUT2D eigenvalue weighted by Crippen LogP contribution is 2.24. The van der Waals surface area contributed by atoms with Gasteiger partial charge in [-0.05, 0) is 30.7 Å². The van der Waals surface area contributed by atoms with E-state index in [4.69, 9.17) is 10.5 Å². The molecule has 0 radical (unpaired) electrons. The molecule has 0 amide bonds. The van der Waals surface area contributed by atoms with Crippen molar-refractivity contribution >= 4 is 17.3 Å². The monoisotopic (exact) mass is 270 g/mol. The molecule has 0 aliphatic rings. The molecule has 0 bridgehead atoms. The molecule has 0 fully saturated rings. The summed E-state index contributed by atoms with van der Waals surface area (Å²) in [7, 11) is 1.36. The quantitative estimate of drug-likeness (QED) is 0.661. The summed E-state index contributed by atoms with van der Waals surface area (Å²) >= 11 is 0. The highest BCUT2D eigenvalue weighted by atomic mass is 16.5. The van der Waals surface area contributed by atoms with E-state index < -0.39 is 5.97 Å². The Labute approximate surface area is 118 Å². The molecule has 0 heterocycles. The summed E-state index contributed by atoms with van der Waals surface area (Å²) < 4.78 is 4.78. The number of anilines is 2. The number of carbonyl (C=O) groups is 1. The van der Waals surface area contributed by atoms with Gasteiger partial charge in [0.25, 0.3) is 0 Å². The van der Waals surface area contributed by atoms with Crippen LogP contribution in [-0.4, -0.2) is 13.1 Å². The summed E-state index contributed by atoms with van der Waals surface area (Å²) in [6.07, 6.45) is 0. The summed E-state index contributed by atoms with van der Waals surface area (Å²) in [6, 6.07) is 15.2. The van der Waals surface area contributed by atoms with Crippen LogP contribution in [0.1, 0.15) is 28.9 Å². The molecule has 0 spiro atoms. The summed E-state index contributed by atoms with van der Waals surface area (Å²) in [6.45, 7) is 2.03. The number of esters is 1. The van der Waals surface area contributed by atoms with E-state index >= 15 is 0 Å². The number of rotatable bonds is 4. The highest BCUT2D eigenvalue weighted by molar-refractivity contribution is 5.96. The zero-order valence-electron chi connectivity index (χ0n) is 11.6. The molecule has 3 N–H and O–H groups in total. The van der Waals surface area contributed by atoms with Gasteiger partial charge in [0.1, 0.15) is 0 Å². The van der Waals surface area contributed by atoms with E-state index in [9.17, 15) is 4.79 Å². The molecule has 0 saturated heterocycles. The molecule has 0 saturated carbocycles. The third kappa shape index (κ3) is 3.09. The lowest BCUT2D eigenvalue weighted by Gasteiger charge is -2.18. The number of hydrogen-bond donors (Lipinski definition) is 2. The molecule has 2 aromatic carbocycles. The van der Waals surface area contributed by atoms with E-state index in [0.717, 1.165) is 5.56 Å². The molecule has 2 rings (SSSR count). The van der Waals surface area contributed by atoms with E-state index in [1.165, 1.54) is 7.11 Å². The number of methoxy groups -OCH3 is 1. The van der Waals surface area contributed by atoms with Crippen LogP contribution in [0.15, 0.2) is 48.5 Å². The lowest BCUT2D eigenvalue weighted by molar-refractivity contribution is 0.0602. The fraction of sp³-hybridized carbons (Fsp3) is 0.188. The van der Waals surface area contributed by atoms with Crippen LogP contribution in [0.5, 0.6) is 0 Å². The van der Waals surface area contributed by atoms with Gasteiger partial charge in [0.05, 0.1) is 12.7 Å². The van der Waals surface area contributed by atoms with Crippen LogP contribution in [0.25, 0.3) is 0 Å². The van der Waals surface area contributed by atoms with E-state index in [-0.39, 0.29) is 6.04 Å². The number of nitrogen functional groups attached to an aromatic ring is 1. The van der Waals surface area contributed by atoms with E-state index in [1.807, 2.05) is 37.3 Å². The molecular weight excluding hydrogens is 252 g/mol. The summed E-state index contributed by atoms with van der Waals surface area (Å²) in [5.74, 6) is -0.403. The molecule has 20 heavy (non-hydrogen) atoms. The SMILES string of the molecule is COC(=O)c1cc(N)ccc1N[C@H](C)c1ccccc1. The minimum atomic E-state index is -0.403. The molecule has 104 valence electrons. The van der Waals surface area contributed by atoms with Crippen LogP contribution >= 0.6 is 0 Å². The van der Waals surface area contributed by atoms with E-state index in [1.54, 1.807) is 18.2 Å². The second-order valence-corrected chi connectivity index (χ2v) is 4.57. The Hall–Kier alpha value is -2.49. The Morgan fingerprint density at radius 1 is 1.20 bits per heavy atom. The molecule has 4 nitrogen and oxygen atoms in total. The first kappa shape index (κ1) is 13.9. The maximum Gasteiger partial charge on any atom is 0.340 e. The number of ether oxygens (including phenoxy) is 1. The summed E-state index contributed by atoms with van der Waals surface area (Å²) in [4.78, 5) is 11.8. The maximum atomic E-state index is 11.8. The smallest absolute Gasteiger partial charge is 0.340 e. The molecule has 2 aromatic rings. The van der Waals surface area contributed by atoms with Gasteiger partial charge in [0.15, 0.2) is 0 Å². The fourth-order valence-corrected chi connectivity index (χ4v) is 2.02. The first-order valence-corrected chi connectivity index (χ1v) is 6.41. The second kappa shape index (κ2) is 6.10. The van der Waals surface area contributed by atoms with Crippen molar-refractivity contribution in [3.05, 3.63) is 59.7 Å². The first-order valence-electron chi connectivity index (χ1n) is 6.41. The molecule has 0 unspecified atom stereocenters. The third-order valence-corrected chi connectivity index (χ3v) is 3.12. The highest BCUT2D eigenvalue weighted by Gasteiger charge is 2.14. The van der Waals surface area contributed by atoms with Crippen molar-refractivity contribution in [1.82, 2.24) is 0 Å². The van der Waals surface area contributed by atoms with Crippen molar-refractivity contribution in [2.24, 2.45) is 0 Å².